The van der Waals surface area contributed by atoms with Crippen molar-refractivity contribution < 1.29 is 14.3 Å². The largest absolute Gasteiger partial charge is 0.444 e. The van der Waals surface area contributed by atoms with Gasteiger partial charge in [-0.25, -0.2) is 4.79 Å². The fraction of sp³-hybridized carbons (Fsp3) is 0.900. The van der Waals surface area contributed by atoms with E-state index in [0.29, 0.717) is 18.5 Å². The molecular formula is C20H32N2O3. The Balaban J connectivity index is 1.36. The molecule has 1 heterocycles. The number of ether oxygens (including phenoxy) is 1. The first-order valence-electron chi connectivity index (χ1n) is 9.97. The van der Waals surface area contributed by atoms with E-state index in [1.165, 1.54) is 38.5 Å². The van der Waals surface area contributed by atoms with E-state index in [0.717, 1.165) is 24.3 Å². The third-order valence-corrected chi connectivity index (χ3v) is 6.66. The van der Waals surface area contributed by atoms with Crippen molar-refractivity contribution in [2.75, 3.05) is 26.2 Å². The third-order valence-electron chi connectivity index (χ3n) is 6.66. The van der Waals surface area contributed by atoms with Crippen LogP contribution in [0.1, 0.15) is 59.3 Å². The zero-order valence-corrected chi connectivity index (χ0v) is 15.9. The molecule has 5 heteroatoms. The number of hydrogen-bond donors (Lipinski definition) is 0. The fourth-order valence-electron chi connectivity index (χ4n) is 6.25. The maximum atomic E-state index is 12.7. The summed E-state index contributed by atoms with van der Waals surface area (Å²) in [6.45, 7) is 7.90. The van der Waals surface area contributed by atoms with Gasteiger partial charge in [-0.05, 0) is 82.5 Å². The van der Waals surface area contributed by atoms with E-state index in [-0.39, 0.29) is 18.5 Å². The first-order chi connectivity index (χ1) is 11.7. The van der Waals surface area contributed by atoms with Gasteiger partial charge in [0.05, 0.1) is 0 Å². The van der Waals surface area contributed by atoms with E-state index in [2.05, 4.69) is 0 Å². The zero-order chi connectivity index (χ0) is 17.8. The Morgan fingerprint density at radius 2 is 1.64 bits per heavy atom. The van der Waals surface area contributed by atoms with Crippen LogP contribution in [0.15, 0.2) is 0 Å². The molecule has 0 radical (unpaired) electrons. The summed E-state index contributed by atoms with van der Waals surface area (Å²) in [6, 6.07) is 0. The van der Waals surface area contributed by atoms with Crippen molar-refractivity contribution in [3.63, 3.8) is 0 Å². The summed E-state index contributed by atoms with van der Waals surface area (Å²) >= 11 is 0. The van der Waals surface area contributed by atoms with Gasteiger partial charge in [0.1, 0.15) is 12.1 Å². The molecule has 2 amide bonds. The van der Waals surface area contributed by atoms with Crippen LogP contribution in [-0.4, -0.2) is 53.6 Å². The average Bonchev–Trinajstić information content (AvgIpc) is 2.46. The average molecular weight is 348 g/mol. The van der Waals surface area contributed by atoms with E-state index in [9.17, 15) is 9.59 Å². The van der Waals surface area contributed by atoms with Gasteiger partial charge in [-0.1, -0.05) is 0 Å². The topological polar surface area (TPSA) is 49.9 Å². The third kappa shape index (κ3) is 3.52. The Hall–Kier alpha value is -1.26. The first kappa shape index (κ1) is 17.2. The summed E-state index contributed by atoms with van der Waals surface area (Å²) in [5.41, 5.74) is -0.144. The maximum absolute atomic E-state index is 12.7. The van der Waals surface area contributed by atoms with Gasteiger partial charge < -0.3 is 9.64 Å². The second-order valence-electron chi connectivity index (χ2n) is 10.1. The Bertz CT molecular complexity index is 530. The van der Waals surface area contributed by atoms with Crippen molar-refractivity contribution in [3.8, 4) is 0 Å². The molecule has 4 saturated carbocycles. The molecule has 5 aliphatic rings. The monoisotopic (exact) mass is 348 g/mol. The van der Waals surface area contributed by atoms with Crippen LogP contribution < -0.4 is 0 Å². The molecule has 1 saturated heterocycles. The van der Waals surface area contributed by atoms with Crippen LogP contribution in [0.3, 0.4) is 0 Å². The molecule has 0 aromatic carbocycles. The van der Waals surface area contributed by atoms with Crippen LogP contribution in [0.25, 0.3) is 0 Å². The molecule has 0 N–H and O–H groups in total. The number of carbonyl (C=O) groups is 2. The molecule has 5 rings (SSSR count). The maximum Gasteiger partial charge on any atom is 0.410 e. The molecule has 5 fully saturated rings. The quantitative estimate of drug-likeness (QED) is 0.769. The summed E-state index contributed by atoms with van der Waals surface area (Å²) in [7, 11) is 0. The molecule has 0 unspecified atom stereocenters. The molecular weight excluding hydrogens is 316 g/mol. The van der Waals surface area contributed by atoms with Crippen LogP contribution in [0, 0.1) is 23.2 Å². The summed E-state index contributed by atoms with van der Waals surface area (Å²) in [5, 5.41) is 0. The van der Waals surface area contributed by atoms with Gasteiger partial charge >= 0.3 is 6.09 Å². The van der Waals surface area contributed by atoms with E-state index < -0.39 is 5.60 Å². The number of rotatable bonds is 2. The molecule has 0 aromatic heterocycles. The van der Waals surface area contributed by atoms with Crippen molar-refractivity contribution in [1.82, 2.24) is 9.80 Å². The molecule has 4 bridgehead atoms. The predicted molar refractivity (Wildman–Crippen MR) is 95.0 cm³/mol. The minimum atomic E-state index is -0.517. The van der Waals surface area contributed by atoms with E-state index in [1.807, 2.05) is 25.7 Å². The highest BCUT2D eigenvalue weighted by molar-refractivity contribution is 5.83. The molecule has 4 aliphatic carbocycles. The van der Waals surface area contributed by atoms with Gasteiger partial charge in [-0.2, -0.15) is 0 Å². The highest BCUT2D eigenvalue weighted by Crippen LogP contribution is 2.60. The Labute approximate surface area is 151 Å². The number of amides is 2. The van der Waals surface area contributed by atoms with Crippen molar-refractivity contribution in [3.05, 3.63) is 0 Å². The van der Waals surface area contributed by atoms with E-state index >= 15 is 0 Å². The SMILES string of the molecule is CC(C)(C)OC(=O)N1CCN(CC23CC4CC(CC(C4)C2)C3)C(=O)C1. The molecule has 0 atom stereocenters. The zero-order valence-electron chi connectivity index (χ0n) is 15.9. The smallest absolute Gasteiger partial charge is 0.410 e. The summed E-state index contributed by atoms with van der Waals surface area (Å²) in [5.74, 6) is 2.81. The molecule has 0 aromatic rings. The Morgan fingerprint density at radius 1 is 1.08 bits per heavy atom. The number of carbonyl (C=O) groups excluding carboxylic acids is 2. The van der Waals surface area contributed by atoms with Crippen molar-refractivity contribution in [1.29, 1.82) is 0 Å². The first-order valence-corrected chi connectivity index (χ1v) is 9.97. The number of nitrogens with zero attached hydrogens (tertiary/aromatic N) is 2. The fourth-order valence-corrected chi connectivity index (χ4v) is 6.25. The second kappa shape index (κ2) is 5.88. The van der Waals surface area contributed by atoms with Crippen molar-refractivity contribution in [2.24, 2.45) is 23.2 Å². The van der Waals surface area contributed by atoms with Gasteiger partial charge in [0.15, 0.2) is 0 Å². The minimum absolute atomic E-state index is 0.0906. The number of hydrogen-bond acceptors (Lipinski definition) is 3. The van der Waals surface area contributed by atoms with Crippen LogP contribution in [0.2, 0.25) is 0 Å². The van der Waals surface area contributed by atoms with Crippen LogP contribution in [0.5, 0.6) is 0 Å². The number of piperazine rings is 1. The van der Waals surface area contributed by atoms with Gasteiger partial charge in [0.2, 0.25) is 5.91 Å². The highest BCUT2D eigenvalue weighted by atomic mass is 16.6. The van der Waals surface area contributed by atoms with Gasteiger partial charge in [0.25, 0.3) is 0 Å². The minimum Gasteiger partial charge on any atom is -0.444 e. The summed E-state index contributed by atoms with van der Waals surface area (Å²) in [6.07, 6.45) is 7.88. The molecule has 5 nitrogen and oxygen atoms in total. The normalized spacial score (nSPS) is 37.6. The lowest BCUT2D eigenvalue weighted by molar-refractivity contribution is -0.142. The van der Waals surface area contributed by atoms with Gasteiger partial charge in [-0.3, -0.25) is 9.69 Å². The molecule has 25 heavy (non-hydrogen) atoms. The van der Waals surface area contributed by atoms with Crippen molar-refractivity contribution in [2.45, 2.75) is 64.9 Å². The lowest BCUT2D eigenvalue weighted by atomic mass is 9.49. The van der Waals surface area contributed by atoms with Crippen LogP contribution in [-0.2, 0) is 9.53 Å². The van der Waals surface area contributed by atoms with E-state index in [1.54, 1.807) is 4.90 Å². The van der Waals surface area contributed by atoms with Gasteiger partial charge in [-0.15, -0.1) is 0 Å². The lowest BCUT2D eigenvalue weighted by Gasteiger charge is -2.58. The Kier molecular flexibility index (Phi) is 4.04. The Morgan fingerprint density at radius 3 is 2.12 bits per heavy atom. The standard InChI is InChI=1S/C20H32N2O3/c1-19(2,3)25-18(24)21-4-5-22(17(23)12-21)13-20-9-14-6-15(10-20)8-16(7-14)11-20/h14-16H,4-13H2,1-3H3. The lowest BCUT2D eigenvalue weighted by Crippen LogP contribution is -2.58. The summed E-state index contributed by atoms with van der Waals surface area (Å²) in [4.78, 5) is 28.5. The highest BCUT2D eigenvalue weighted by Gasteiger charge is 2.52. The van der Waals surface area contributed by atoms with Gasteiger partial charge in [0, 0.05) is 19.6 Å². The van der Waals surface area contributed by atoms with E-state index in [4.69, 9.17) is 4.74 Å². The molecule has 0 spiro atoms. The predicted octanol–water partition coefficient (Wildman–Crippen LogP) is 3.28. The summed E-state index contributed by atoms with van der Waals surface area (Å²) < 4.78 is 5.41. The second-order valence-corrected chi connectivity index (χ2v) is 10.1. The van der Waals surface area contributed by atoms with Crippen LogP contribution in [0.4, 0.5) is 4.79 Å². The van der Waals surface area contributed by atoms with Crippen molar-refractivity contribution >= 4 is 12.0 Å². The van der Waals surface area contributed by atoms with Crippen LogP contribution >= 0.6 is 0 Å². The molecule has 1 aliphatic heterocycles. The molecule has 140 valence electrons.